The van der Waals surface area contributed by atoms with Crippen LogP contribution in [0.5, 0.6) is 0 Å². The summed E-state index contributed by atoms with van der Waals surface area (Å²) in [6.07, 6.45) is 4.89. The van der Waals surface area contributed by atoms with Crippen LogP contribution in [0.15, 0.2) is 53.7 Å². The van der Waals surface area contributed by atoms with E-state index in [2.05, 4.69) is 53.6 Å². The maximum absolute atomic E-state index is 4.06. The van der Waals surface area contributed by atoms with Gasteiger partial charge in [-0.2, -0.15) is 0 Å². The van der Waals surface area contributed by atoms with Crippen LogP contribution in [0.1, 0.15) is 24.1 Å². The maximum Gasteiger partial charge on any atom is 0.0293 e. The average Bonchev–Trinajstić information content (AvgIpc) is 2.88. The van der Waals surface area contributed by atoms with Crippen LogP contribution in [0.2, 0.25) is 0 Å². The summed E-state index contributed by atoms with van der Waals surface area (Å²) in [5.41, 5.74) is 2.80. The van der Waals surface area contributed by atoms with Crippen LogP contribution < -0.4 is 5.32 Å². The van der Waals surface area contributed by atoms with Gasteiger partial charge in [-0.1, -0.05) is 18.2 Å². The first kappa shape index (κ1) is 12.7. The number of rotatable bonds is 4. The molecule has 0 aliphatic carbocycles. The zero-order valence-corrected chi connectivity index (χ0v) is 11.9. The lowest BCUT2D eigenvalue weighted by atomic mass is 10.1. The van der Waals surface area contributed by atoms with E-state index in [9.17, 15) is 0 Å². The summed E-state index contributed by atoms with van der Waals surface area (Å²) in [5.74, 6) is 0. The Balaban J connectivity index is 1.55. The third-order valence-corrected chi connectivity index (χ3v) is 4.89. The van der Waals surface area contributed by atoms with Gasteiger partial charge < -0.3 is 5.32 Å². The Morgan fingerprint density at radius 3 is 2.84 bits per heavy atom. The van der Waals surface area contributed by atoms with Crippen molar-refractivity contribution in [1.82, 2.24) is 10.3 Å². The fraction of sp³-hybridized carbons (Fsp3) is 0.312. The molecule has 0 fully saturated rings. The van der Waals surface area contributed by atoms with Gasteiger partial charge in [0.2, 0.25) is 0 Å². The third kappa shape index (κ3) is 2.99. The highest BCUT2D eigenvalue weighted by molar-refractivity contribution is 8.00. The van der Waals surface area contributed by atoms with Crippen LogP contribution >= 0.6 is 11.8 Å². The molecule has 2 aromatic rings. The third-order valence-electron chi connectivity index (χ3n) is 3.57. The highest BCUT2D eigenvalue weighted by atomic mass is 32.2. The molecular formula is C16H18N2S. The van der Waals surface area contributed by atoms with Crippen molar-refractivity contribution in [3.8, 4) is 0 Å². The maximum atomic E-state index is 4.06. The Morgan fingerprint density at radius 1 is 1.26 bits per heavy atom. The minimum atomic E-state index is 0.382. The summed E-state index contributed by atoms with van der Waals surface area (Å²) in [5, 5.41) is 4.28. The average molecular weight is 270 g/mol. The van der Waals surface area contributed by atoms with Crippen molar-refractivity contribution in [2.75, 3.05) is 6.54 Å². The number of pyridine rings is 1. The predicted molar refractivity (Wildman–Crippen MR) is 80.4 cm³/mol. The molecule has 3 heteroatoms. The van der Waals surface area contributed by atoms with Gasteiger partial charge in [0, 0.05) is 35.1 Å². The summed E-state index contributed by atoms with van der Waals surface area (Å²) >= 11 is 2.00. The van der Waals surface area contributed by atoms with Gasteiger partial charge in [0.1, 0.15) is 0 Å². The molecular weight excluding hydrogens is 252 g/mol. The number of nitrogens with zero attached hydrogens (tertiary/aromatic N) is 1. The lowest BCUT2D eigenvalue weighted by molar-refractivity contribution is 0.566. The van der Waals surface area contributed by atoms with Gasteiger partial charge in [-0.05, 0) is 42.7 Å². The fourth-order valence-electron chi connectivity index (χ4n) is 2.45. The molecule has 0 bridgehead atoms. The van der Waals surface area contributed by atoms with Gasteiger partial charge in [0.05, 0.1) is 0 Å². The standard InChI is InChI=1S/C16H18N2S/c1-12(13-6-8-17-9-7-13)18-11-15-10-14-4-2-3-5-16(14)19-15/h2-9,12,15,18H,10-11H2,1H3/t12-,15?/m1/s1. The van der Waals surface area contributed by atoms with Gasteiger partial charge in [0.15, 0.2) is 0 Å². The van der Waals surface area contributed by atoms with Crippen molar-refractivity contribution in [2.45, 2.75) is 29.5 Å². The van der Waals surface area contributed by atoms with Crippen molar-refractivity contribution in [3.05, 3.63) is 59.9 Å². The van der Waals surface area contributed by atoms with E-state index in [1.165, 1.54) is 22.4 Å². The van der Waals surface area contributed by atoms with Gasteiger partial charge in [-0.25, -0.2) is 0 Å². The van der Waals surface area contributed by atoms with Gasteiger partial charge in [-0.15, -0.1) is 11.8 Å². The van der Waals surface area contributed by atoms with Crippen LogP contribution in [0, 0.1) is 0 Å². The molecule has 2 heterocycles. The number of benzene rings is 1. The Hall–Kier alpha value is -1.32. The number of aromatic nitrogens is 1. The second kappa shape index (κ2) is 5.76. The number of hydrogen-bond donors (Lipinski definition) is 1. The summed E-state index contributed by atoms with van der Waals surface area (Å²) in [4.78, 5) is 5.51. The lowest BCUT2D eigenvalue weighted by Gasteiger charge is -2.16. The molecule has 19 heavy (non-hydrogen) atoms. The van der Waals surface area contributed by atoms with E-state index in [4.69, 9.17) is 0 Å². The van der Waals surface area contributed by atoms with Gasteiger partial charge in [0.25, 0.3) is 0 Å². The molecule has 0 spiro atoms. The summed E-state index contributed by atoms with van der Waals surface area (Å²) in [6, 6.07) is 13.3. The van der Waals surface area contributed by atoms with E-state index in [0.29, 0.717) is 11.3 Å². The van der Waals surface area contributed by atoms with E-state index in [1.54, 1.807) is 0 Å². The second-order valence-electron chi connectivity index (χ2n) is 4.96. The Labute approximate surface area is 118 Å². The van der Waals surface area contributed by atoms with E-state index in [1.807, 2.05) is 24.2 Å². The Morgan fingerprint density at radius 2 is 2.05 bits per heavy atom. The summed E-state index contributed by atoms with van der Waals surface area (Å²) < 4.78 is 0. The van der Waals surface area contributed by atoms with Crippen molar-refractivity contribution >= 4 is 11.8 Å². The summed E-state index contributed by atoms with van der Waals surface area (Å²) in [6.45, 7) is 3.25. The molecule has 0 amide bonds. The predicted octanol–water partition coefficient (Wildman–Crippen LogP) is 3.45. The van der Waals surface area contributed by atoms with Crippen LogP contribution in [-0.4, -0.2) is 16.8 Å². The van der Waals surface area contributed by atoms with Crippen LogP contribution in [-0.2, 0) is 6.42 Å². The Bertz CT molecular complexity index is 516. The quantitative estimate of drug-likeness (QED) is 0.921. The van der Waals surface area contributed by atoms with Crippen molar-refractivity contribution in [2.24, 2.45) is 0 Å². The van der Waals surface area contributed by atoms with Crippen molar-refractivity contribution in [1.29, 1.82) is 0 Å². The van der Waals surface area contributed by atoms with E-state index in [0.717, 1.165) is 6.54 Å². The molecule has 1 aromatic carbocycles. The first-order chi connectivity index (χ1) is 9.33. The zero-order valence-electron chi connectivity index (χ0n) is 11.0. The molecule has 0 saturated heterocycles. The van der Waals surface area contributed by atoms with E-state index in [-0.39, 0.29) is 0 Å². The van der Waals surface area contributed by atoms with Crippen LogP contribution in [0.25, 0.3) is 0 Å². The minimum Gasteiger partial charge on any atom is -0.309 e. The first-order valence-corrected chi connectivity index (χ1v) is 7.59. The molecule has 3 rings (SSSR count). The molecule has 1 aliphatic heterocycles. The smallest absolute Gasteiger partial charge is 0.0293 e. The zero-order chi connectivity index (χ0) is 13.1. The normalized spacial score (nSPS) is 19.1. The van der Waals surface area contributed by atoms with Crippen molar-refractivity contribution in [3.63, 3.8) is 0 Å². The molecule has 0 saturated carbocycles. The fourth-order valence-corrected chi connectivity index (χ4v) is 3.71. The van der Waals surface area contributed by atoms with Crippen molar-refractivity contribution < 1.29 is 0 Å². The molecule has 2 atom stereocenters. The highest BCUT2D eigenvalue weighted by Crippen LogP contribution is 2.36. The SMILES string of the molecule is C[C@@H](NCC1Cc2ccccc2S1)c1ccncc1. The van der Waals surface area contributed by atoms with Gasteiger partial charge in [-0.3, -0.25) is 4.98 Å². The van der Waals surface area contributed by atoms with Gasteiger partial charge >= 0.3 is 0 Å². The first-order valence-electron chi connectivity index (χ1n) is 6.71. The molecule has 0 radical (unpaired) electrons. The van der Waals surface area contributed by atoms with Crippen LogP contribution in [0.4, 0.5) is 0 Å². The monoisotopic (exact) mass is 270 g/mol. The lowest BCUT2D eigenvalue weighted by Crippen LogP contribution is -2.27. The Kier molecular flexibility index (Phi) is 3.85. The second-order valence-corrected chi connectivity index (χ2v) is 6.30. The molecule has 1 unspecified atom stereocenters. The largest absolute Gasteiger partial charge is 0.309 e. The number of nitrogens with one attached hydrogen (secondary N) is 1. The van der Waals surface area contributed by atoms with E-state index < -0.39 is 0 Å². The molecule has 2 nitrogen and oxygen atoms in total. The molecule has 1 aromatic heterocycles. The number of thioether (sulfide) groups is 1. The topological polar surface area (TPSA) is 24.9 Å². The molecule has 1 aliphatic rings. The number of hydrogen-bond acceptors (Lipinski definition) is 3. The van der Waals surface area contributed by atoms with Crippen LogP contribution in [0.3, 0.4) is 0 Å². The molecule has 1 N–H and O–H groups in total. The highest BCUT2D eigenvalue weighted by Gasteiger charge is 2.21. The van der Waals surface area contributed by atoms with E-state index >= 15 is 0 Å². The summed E-state index contributed by atoms with van der Waals surface area (Å²) in [7, 11) is 0. The molecule has 98 valence electrons. The number of fused-ring (bicyclic) bond motifs is 1. The minimum absolute atomic E-state index is 0.382.